The van der Waals surface area contributed by atoms with Crippen LogP contribution in [0.2, 0.25) is 0 Å². The van der Waals surface area contributed by atoms with Crippen LogP contribution in [0.1, 0.15) is 35.2 Å². The summed E-state index contributed by atoms with van der Waals surface area (Å²) in [6, 6.07) is 17.8. The van der Waals surface area contributed by atoms with E-state index in [0.717, 1.165) is 44.4 Å². The molecule has 1 aromatic heterocycles. The minimum Gasteiger partial charge on any atom is -0.491 e. The van der Waals surface area contributed by atoms with Gasteiger partial charge in [0, 0.05) is 37.6 Å². The van der Waals surface area contributed by atoms with E-state index in [2.05, 4.69) is 23.2 Å². The monoisotopic (exact) mass is 443 g/mol. The predicted molar refractivity (Wildman–Crippen MR) is 127 cm³/mol. The number of rotatable bonds is 7. The van der Waals surface area contributed by atoms with Crippen LogP contribution in [-0.4, -0.2) is 59.4 Å². The van der Waals surface area contributed by atoms with Gasteiger partial charge in [0.25, 0.3) is 5.91 Å². The smallest absolute Gasteiger partial charge is 0.257 e. The second-order valence-electron chi connectivity index (χ2n) is 8.93. The van der Waals surface area contributed by atoms with Gasteiger partial charge in [-0.05, 0) is 55.0 Å². The first-order valence-electron chi connectivity index (χ1n) is 11.8. The maximum Gasteiger partial charge on any atom is 0.257 e. The number of benzene rings is 2. The molecular weight excluding hydrogens is 414 g/mol. The third-order valence-electron chi connectivity index (χ3n) is 6.73. The van der Waals surface area contributed by atoms with Gasteiger partial charge in [-0.2, -0.15) is 0 Å². The summed E-state index contributed by atoms with van der Waals surface area (Å²) in [5.74, 6) is 1.23. The van der Waals surface area contributed by atoms with Gasteiger partial charge in [0.2, 0.25) is 5.91 Å². The van der Waals surface area contributed by atoms with Crippen LogP contribution in [0.3, 0.4) is 0 Å². The van der Waals surface area contributed by atoms with Crippen molar-refractivity contribution in [1.29, 1.82) is 0 Å². The van der Waals surface area contributed by atoms with E-state index in [9.17, 15) is 9.59 Å². The fourth-order valence-corrected chi connectivity index (χ4v) is 4.99. The lowest BCUT2D eigenvalue weighted by Crippen LogP contribution is -2.31. The lowest BCUT2D eigenvalue weighted by Gasteiger charge is -2.20. The molecule has 3 aromatic rings. The number of fused-ring (bicyclic) bond motifs is 1. The summed E-state index contributed by atoms with van der Waals surface area (Å²) in [6.45, 7) is 3.25. The van der Waals surface area contributed by atoms with Crippen LogP contribution < -0.4 is 4.74 Å². The normalized spacial score (nSPS) is 18.3. The Balaban J connectivity index is 1.22. The molecular formula is C27H29N3O3. The van der Waals surface area contributed by atoms with Crippen molar-refractivity contribution in [3.8, 4) is 5.75 Å². The van der Waals surface area contributed by atoms with Crippen molar-refractivity contribution in [1.82, 2.24) is 14.8 Å². The van der Waals surface area contributed by atoms with E-state index in [1.807, 2.05) is 52.4 Å². The second-order valence-corrected chi connectivity index (χ2v) is 8.93. The number of hydrogen-bond acceptors (Lipinski definition) is 4. The minimum absolute atomic E-state index is 0.0185. The molecule has 0 aliphatic carbocycles. The SMILES string of the molecule is O=C1CCCN1CCOc1ccccc1C(=O)N1CCC(Cc2cccc3ncccc23)C1. The molecule has 0 radical (unpaired) electrons. The van der Waals surface area contributed by atoms with Gasteiger partial charge in [0.05, 0.1) is 17.6 Å². The summed E-state index contributed by atoms with van der Waals surface area (Å²) in [5.41, 5.74) is 2.91. The van der Waals surface area contributed by atoms with Crippen molar-refractivity contribution < 1.29 is 14.3 Å². The maximum atomic E-state index is 13.3. The Labute approximate surface area is 194 Å². The van der Waals surface area contributed by atoms with Crippen LogP contribution in [0.25, 0.3) is 10.9 Å². The molecule has 5 rings (SSSR count). The molecule has 1 atom stereocenters. The third-order valence-corrected chi connectivity index (χ3v) is 6.73. The van der Waals surface area contributed by atoms with Crippen molar-refractivity contribution in [3.05, 3.63) is 71.9 Å². The standard InChI is InChI=1S/C27H29N3O3/c31-26-11-5-14-29(26)16-17-33-25-10-2-1-7-23(25)27(32)30-15-12-20(19-30)18-21-6-3-9-24-22(21)8-4-13-28-24/h1-4,6-10,13,20H,5,11-12,14-19H2. The van der Waals surface area contributed by atoms with Crippen molar-refractivity contribution in [3.63, 3.8) is 0 Å². The van der Waals surface area contributed by atoms with Crippen molar-refractivity contribution in [2.75, 3.05) is 32.8 Å². The number of carbonyl (C=O) groups excluding carboxylic acids is 2. The summed E-state index contributed by atoms with van der Waals surface area (Å²) < 4.78 is 5.95. The van der Waals surface area contributed by atoms with Gasteiger partial charge in [-0.25, -0.2) is 0 Å². The van der Waals surface area contributed by atoms with E-state index in [0.29, 0.717) is 36.8 Å². The predicted octanol–water partition coefficient (Wildman–Crippen LogP) is 3.94. The molecule has 33 heavy (non-hydrogen) atoms. The Morgan fingerprint density at radius 1 is 1.06 bits per heavy atom. The first kappa shape index (κ1) is 21.4. The highest BCUT2D eigenvalue weighted by atomic mass is 16.5. The van der Waals surface area contributed by atoms with Crippen molar-refractivity contribution in [2.24, 2.45) is 5.92 Å². The van der Waals surface area contributed by atoms with Gasteiger partial charge >= 0.3 is 0 Å². The number of amides is 2. The number of nitrogens with zero attached hydrogens (tertiary/aromatic N) is 3. The molecule has 0 saturated carbocycles. The topological polar surface area (TPSA) is 62.7 Å². The molecule has 1 unspecified atom stereocenters. The lowest BCUT2D eigenvalue weighted by atomic mass is 9.96. The molecule has 2 amide bonds. The Kier molecular flexibility index (Phi) is 6.24. The second kappa shape index (κ2) is 9.61. The van der Waals surface area contributed by atoms with Crippen LogP contribution in [-0.2, 0) is 11.2 Å². The number of para-hydroxylation sites is 1. The Hall–Kier alpha value is -3.41. The highest BCUT2D eigenvalue weighted by molar-refractivity contribution is 5.97. The summed E-state index contributed by atoms with van der Waals surface area (Å²) in [4.78, 5) is 33.4. The average molecular weight is 444 g/mol. The van der Waals surface area contributed by atoms with Crippen LogP contribution in [0, 0.1) is 5.92 Å². The van der Waals surface area contributed by atoms with Gasteiger partial charge < -0.3 is 14.5 Å². The molecule has 2 saturated heterocycles. The number of carbonyl (C=O) groups is 2. The summed E-state index contributed by atoms with van der Waals surface area (Å²) in [7, 11) is 0. The zero-order valence-electron chi connectivity index (χ0n) is 18.8. The van der Waals surface area contributed by atoms with Crippen LogP contribution in [0.4, 0.5) is 0 Å². The molecule has 3 heterocycles. The van der Waals surface area contributed by atoms with E-state index in [-0.39, 0.29) is 11.8 Å². The van der Waals surface area contributed by atoms with E-state index in [1.165, 1.54) is 10.9 Å². The van der Waals surface area contributed by atoms with Gasteiger partial charge in [-0.1, -0.05) is 30.3 Å². The molecule has 6 nitrogen and oxygen atoms in total. The van der Waals surface area contributed by atoms with E-state index in [1.54, 1.807) is 0 Å². The Bertz CT molecular complexity index is 1160. The fraction of sp³-hybridized carbons (Fsp3) is 0.370. The quantitative estimate of drug-likeness (QED) is 0.555. The lowest BCUT2D eigenvalue weighted by molar-refractivity contribution is -0.128. The zero-order chi connectivity index (χ0) is 22.6. The zero-order valence-corrected chi connectivity index (χ0v) is 18.8. The number of aromatic nitrogens is 1. The highest BCUT2D eigenvalue weighted by Crippen LogP contribution is 2.28. The molecule has 0 N–H and O–H groups in total. The Morgan fingerprint density at radius 2 is 1.97 bits per heavy atom. The van der Waals surface area contributed by atoms with Crippen molar-refractivity contribution in [2.45, 2.75) is 25.7 Å². The fourth-order valence-electron chi connectivity index (χ4n) is 4.99. The average Bonchev–Trinajstić information content (AvgIpc) is 3.48. The number of ether oxygens (including phenoxy) is 1. The first-order valence-corrected chi connectivity index (χ1v) is 11.8. The third kappa shape index (κ3) is 4.70. The van der Waals surface area contributed by atoms with Gasteiger partial charge in [0.15, 0.2) is 0 Å². The summed E-state index contributed by atoms with van der Waals surface area (Å²) in [5, 5.41) is 1.19. The van der Waals surface area contributed by atoms with Gasteiger partial charge in [-0.3, -0.25) is 14.6 Å². The van der Waals surface area contributed by atoms with E-state index in [4.69, 9.17) is 4.74 Å². The maximum absolute atomic E-state index is 13.3. The van der Waals surface area contributed by atoms with Crippen molar-refractivity contribution >= 4 is 22.7 Å². The molecule has 6 heteroatoms. The molecule has 2 aliphatic rings. The molecule has 2 aliphatic heterocycles. The molecule has 0 spiro atoms. The van der Waals surface area contributed by atoms with Gasteiger partial charge in [0.1, 0.15) is 12.4 Å². The van der Waals surface area contributed by atoms with E-state index < -0.39 is 0 Å². The summed E-state index contributed by atoms with van der Waals surface area (Å²) >= 11 is 0. The first-order chi connectivity index (χ1) is 16.2. The van der Waals surface area contributed by atoms with Gasteiger partial charge in [-0.15, -0.1) is 0 Å². The van der Waals surface area contributed by atoms with Crippen LogP contribution in [0.15, 0.2) is 60.8 Å². The molecule has 2 aromatic carbocycles. The molecule has 2 fully saturated rings. The Morgan fingerprint density at radius 3 is 2.85 bits per heavy atom. The molecule has 0 bridgehead atoms. The summed E-state index contributed by atoms with van der Waals surface area (Å²) in [6.07, 6.45) is 5.29. The number of likely N-dealkylation sites (tertiary alicyclic amines) is 2. The molecule has 170 valence electrons. The number of hydrogen-bond donors (Lipinski definition) is 0. The number of pyridine rings is 1. The van der Waals surface area contributed by atoms with E-state index >= 15 is 0 Å². The van der Waals surface area contributed by atoms with Crippen LogP contribution >= 0.6 is 0 Å². The highest BCUT2D eigenvalue weighted by Gasteiger charge is 2.29. The minimum atomic E-state index is 0.0185. The van der Waals surface area contributed by atoms with Crippen LogP contribution in [0.5, 0.6) is 5.75 Å². The largest absolute Gasteiger partial charge is 0.491 e.